The van der Waals surface area contributed by atoms with E-state index in [2.05, 4.69) is 0 Å². The van der Waals surface area contributed by atoms with Crippen molar-refractivity contribution in [2.75, 3.05) is 0 Å². The van der Waals surface area contributed by atoms with Crippen molar-refractivity contribution in [1.82, 2.24) is 0 Å². The van der Waals surface area contributed by atoms with E-state index in [1.807, 2.05) is 0 Å². The molecule has 0 rings (SSSR count). The molecule has 0 radical (unpaired) electrons. The zero-order chi connectivity index (χ0) is 4.83. The van der Waals surface area contributed by atoms with Crippen molar-refractivity contribution in [3.63, 3.8) is 0 Å². The number of hydrogen-bond acceptors (Lipinski definition) is 1. The summed E-state index contributed by atoms with van der Waals surface area (Å²) in [4.78, 5) is 0. The van der Waals surface area contributed by atoms with E-state index in [9.17, 15) is 4.65 Å². The van der Waals surface area contributed by atoms with Gasteiger partial charge in [0.15, 0.2) is 0 Å². The minimum atomic E-state index is 1.01. The van der Waals surface area contributed by atoms with Gasteiger partial charge < -0.3 is 0 Å². The quantitative estimate of drug-likeness (QED) is 0.308. The Bertz CT molecular complexity index is 107. The van der Waals surface area contributed by atoms with Crippen LogP contribution in [0, 0.1) is 17.5 Å². The molecule has 0 heterocycles. The van der Waals surface area contributed by atoms with E-state index in [1.54, 1.807) is 6.07 Å². The van der Waals surface area contributed by atoms with Gasteiger partial charge in [0.05, 0.1) is 0 Å². The molecule has 2 heteroatoms. The molecule has 28 valence electrons. The minimum absolute atomic E-state index is 1.01. The van der Waals surface area contributed by atoms with Crippen LogP contribution in [-0.2, 0) is 4.65 Å². The number of rotatable bonds is 0. The molecule has 0 fully saturated rings. The van der Waals surface area contributed by atoms with E-state index >= 15 is 0 Å². The van der Waals surface area contributed by atoms with Gasteiger partial charge in [0.2, 0.25) is 0 Å². The van der Waals surface area contributed by atoms with Gasteiger partial charge in [0.25, 0.3) is 0 Å². The first kappa shape index (κ1) is 4.97. The van der Waals surface area contributed by atoms with Crippen LogP contribution in [0.25, 0.3) is 0 Å². The molecule has 0 aromatic carbocycles. The Kier molecular flexibility index (Phi) is 3.29. The molecular formula is C4H2NO+. The molecule has 0 spiro atoms. The molecule has 0 aliphatic rings. The topological polar surface area (TPSA) is 43.7 Å². The monoisotopic (exact) mass is 80.0 g/mol. The van der Waals surface area contributed by atoms with Crippen molar-refractivity contribution in [1.29, 1.82) is 5.26 Å². The molecule has 0 bridgehead atoms. The van der Waals surface area contributed by atoms with Gasteiger partial charge in [-0.05, 0) is 0 Å². The Balaban J connectivity index is 3.36. The summed E-state index contributed by atoms with van der Waals surface area (Å²) in [5, 5.41) is 7.68. The number of nitriles is 1. The van der Waals surface area contributed by atoms with Crippen molar-refractivity contribution in [2.24, 2.45) is 0 Å². The van der Waals surface area contributed by atoms with Crippen LogP contribution in [0.2, 0.25) is 0 Å². The Labute approximate surface area is 35.4 Å². The van der Waals surface area contributed by atoms with Crippen molar-refractivity contribution < 1.29 is 4.65 Å². The third-order valence-corrected chi connectivity index (χ3v) is 0.226. The van der Waals surface area contributed by atoms with Gasteiger partial charge >= 0.3 is 34.3 Å². The van der Waals surface area contributed by atoms with Gasteiger partial charge in [-0.2, -0.15) is 0 Å². The first-order valence-electron chi connectivity index (χ1n) is 1.34. The van der Waals surface area contributed by atoms with Gasteiger partial charge in [-0.25, -0.2) is 0 Å². The fourth-order valence-corrected chi connectivity index (χ4v) is 0.0713. The summed E-state index contributed by atoms with van der Waals surface area (Å²) in [5.74, 6) is 0. The molecule has 6 heavy (non-hydrogen) atoms. The zero-order valence-electron chi connectivity index (χ0n) is 3.01. The summed E-state index contributed by atoms with van der Waals surface area (Å²) >= 11 is 0. The van der Waals surface area contributed by atoms with Crippen molar-refractivity contribution in [2.45, 2.75) is 0 Å². The second-order valence-corrected chi connectivity index (χ2v) is 0.580. The first-order valence-corrected chi connectivity index (χ1v) is 1.34. The van der Waals surface area contributed by atoms with Gasteiger partial charge in [-0.15, -0.1) is 0 Å². The first-order chi connectivity index (χ1) is 2.91. The molecule has 0 aromatic rings. The van der Waals surface area contributed by atoms with Crippen LogP contribution in [0.3, 0.4) is 0 Å². The van der Waals surface area contributed by atoms with E-state index in [0.717, 1.165) is 12.2 Å². The summed E-state index contributed by atoms with van der Waals surface area (Å²) in [6.07, 6.45) is 3.49. The molecule has 0 saturated carbocycles. The van der Waals surface area contributed by atoms with Crippen LogP contribution in [0.15, 0.2) is 12.2 Å². The Morgan fingerprint density at radius 1 is 1.50 bits per heavy atom. The second-order valence-electron chi connectivity index (χ2n) is 0.580. The molecule has 0 saturated heterocycles. The molecule has 0 N–H and O–H groups in total. The van der Waals surface area contributed by atoms with E-state index in [1.165, 1.54) is 6.15 Å². The number of allylic oxidation sites excluding steroid dienone is 2. The van der Waals surface area contributed by atoms with Crippen LogP contribution < -0.4 is 0 Å². The van der Waals surface area contributed by atoms with Gasteiger partial charge in [0, 0.05) is 0 Å². The second kappa shape index (κ2) is 3.97. The van der Waals surface area contributed by atoms with Crippen molar-refractivity contribution in [3.8, 4) is 12.2 Å². The summed E-state index contributed by atoms with van der Waals surface area (Å²) in [5.41, 5.74) is 0. The van der Waals surface area contributed by atoms with Crippen LogP contribution >= 0.6 is 0 Å². The maximum absolute atomic E-state index is 9.20. The molecule has 2 nitrogen and oxygen atoms in total. The molecule has 0 unspecified atom stereocenters. The fraction of sp³-hybridized carbons (Fsp3) is 0. The Morgan fingerprint density at radius 2 is 2.17 bits per heavy atom. The summed E-state index contributed by atoms with van der Waals surface area (Å²) in [6, 6.07) is 1.63. The third-order valence-electron chi connectivity index (χ3n) is 0.226. The third kappa shape index (κ3) is 2.97. The van der Waals surface area contributed by atoms with Gasteiger partial charge in [-0.3, -0.25) is 0 Å². The molecule has 0 aromatic heterocycles. The molecule has 0 amide bonds. The Hall–Kier alpha value is -1.03. The van der Waals surface area contributed by atoms with Gasteiger partial charge in [0.1, 0.15) is 0 Å². The summed E-state index contributed by atoms with van der Waals surface area (Å²) in [7, 11) is 0. The fourth-order valence-electron chi connectivity index (χ4n) is 0.0713. The van der Waals surface area contributed by atoms with Crippen LogP contribution in [0.1, 0.15) is 0 Å². The average molecular weight is 80.1 g/mol. The van der Waals surface area contributed by atoms with Gasteiger partial charge in [-0.1, -0.05) is 0 Å². The molecule has 0 aliphatic carbocycles. The standard InChI is InChI=1S/C4H2NO/c5-3-1-2-4-6/h1-2H/q+1/b2-1+. The zero-order valence-corrected chi connectivity index (χ0v) is 3.01. The number of hydrogen-bond donors (Lipinski definition) is 0. The molecular weight excluding hydrogens is 78.0 g/mol. The maximum atomic E-state index is 9.20. The number of nitrogens with zero attached hydrogens (tertiary/aromatic N) is 1. The van der Waals surface area contributed by atoms with Crippen LogP contribution in [0.5, 0.6) is 0 Å². The summed E-state index contributed by atoms with van der Waals surface area (Å²) < 4.78 is 9.20. The normalized spacial score (nSPS) is 7.00. The Morgan fingerprint density at radius 3 is 2.33 bits per heavy atom. The van der Waals surface area contributed by atoms with Crippen LogP contribution in [0.4, 0.5) is 0 Å². The molecule has 0 aliphatic heterocycles. The van der Waals surface area contributed by atoms with E-state index in [-0.39, 0.29) is 0 Å². The predicted molar refractivity (Wildman–Crippen MR) is 19.3 cm³/mol. The van der Waals surface area contributed by atoms with E-state index < -0.39 is 0 Å². The predicted octanol–water partition coefficient (Wildman–Crippen LogP) is 0.456. The summed E-state index contributed by atoms with van der Waals surface area (Å²) in [6.45, 7) is 0. The SMILES string of the molecule is N#C/C=C/C#[O+]. The molecule has 0 atom stereocenters. The van der Waals surface area contributed by atoms with E-state index in [0.29, 0.717) is 0 Å². The van der Waals surface area contributed by atoms with Crippen molar-refractivity contribution in [3.05, 3.63) is 12.2 Å². The van der Waals surface area contributed by atoms with Crippen molar-refractivity contribution >= 4 is 0 Å². The van der Waals surface area contributed by atoms with E-state index in [4.69, 9.17) is 5.26 Å². The van der Waals surface area contributed by atoms with Crippen LogP contribution in [-0.4, -0.2) is 0 Å². The average Bonchev–Trinajstić information content (AvgIpc) is 1.61.